The van der Waals surface area contributed by atoms with Crippen LogP contribution in [0.25, 0.3) is 0 Å². The Bertz CT molecular complexity index is 299. The van der Waals surface area contributed by atoms with Crippen molar-refractivity contribution in [1.82, 2.24) is 0 Å². The Morgan fingerprint density at radius 2 is 2.43 bits per heavy atom. The van der Waals surface area contributed by atoms with Crippen LogP contribution in [0.2, 0.25) is 0 Å². The first-order chi connectivity index (χ1) is 6.70. The zero-order valence-corrected chi connectivity index (χ0v) is 8.56. The van der Waals surface area contributed by atoms with Gasteiger partial charge >= 0.3 is 0 Å². The first-order valence-corrected chi connectivity index (χ1v) is 4.74. The molecule has 0 atom stereocenters. The van der Waals surface area contributed by atoms with Gasteiger partial charge in [0.1, 0.15) is 6.26 Å². The number of aliphatic imine (C=N–C) groups is 1. The van der Waals surface area contributed by atoms with Gasteiger partial charge in [0.2, 0.25) is 0 Å². The van der Waals surface area contributed by atoms with Gasteiger partial charge in [0.15, 0.2) is 5.78 Å². The second kappa shape index (κ2) is 5.37. The molecule has 76 valence electrons. The number of hydrogen-bond acceptors (Lipinski definition) is 3. The van der Waals surface area contributed by atoms with Crippen LogP contribution in [0.4, 0.5) is 0 Å². The lowest BCUT2D eigenvalue weighted by Gasteiger charge is -1.96. The minimum atomic E-state index is 0.0475. The average molecular weight is 193 g/mol. The zero-order valence-electron chi connectivity index (χ0n) is 8.56. The average Bonchev–Trinajstić information content (AvgIpc) is 2.64. The summed E-state index contributed by atoms with van der Waals surface area (Å²) in [5.41, 5.74) is 0.612. The van der Waals surface area contributed by atoms with Crippen molar-refractivity contribution in [1.29, 1.82) is 0 Å². The highest BCUT2D eigenvalue weighted by molar-refractivity contribution is 6.03. The van der Waals surface area contributed by atoms with Crippen LogP contribution in [-0.2, 0) is 0 Å². The van der Waals surface area contributed by atoms with Gasteiger partial charge in [-0.05, 0) is 12.0 Å². The third-order valence-corrected chi connectivity index (χ3v) is 1.72. The molecule has 0 aliphatic heterocycles. The predicted molar refractivity (Wildman–Crippen MR) is 55.9 cm³/mol. The van der Waals surface area contributed by atoms with E-state index >= 15 is 0 Å². The normalized spacial score (nSPS) is 11.4. The molecule has 0 aliphatic carbocycles. The third-order valence-electron chi connectivity index (χ3n) is 1.72. The van der Waals surface area contributed by atoms with Crippen LogP contribution in [0, 0.1) is 5.92 Å². The highest BCUT2D eigenvalue weighted by atomic mass is 16.3. The van der Waals surface area contributed by atoms with E-state index in [0.717, 1.165) is 6.54 Å². The van der Waals surface area contributed by atoms with Gasteiger partial charge in [-0.3, -0.25) is 9.79 Å². The lowest BCUT2D eigenvalue weighted by Crippen LogP contribution is -1.99. The van der Waals surface area contributed by atoms with Gasteiger partial charge in [0.25, 0.3) is 0 Å². The first-order valence-electron chi connectivity index (χ1n) is 4.74. The van der Waals surface area contributed by atoms with Crippen LogP contribution in [-0.4, -0.2) is 18.5 Å². The fourth-order valence-corrected chi connectivity index (χ4v) is 0.974. The molecule has 0 bridgehead atoms. The van der Waals surface area contributed by atoms with Crippen LogP contribution in [0.3, 0.4) is 0 Å². The molecule has 0 radical (unpaired) electrons. The highest BCUT2D eigenvalue weighted by Crippen LogP contribution is 2.02. The van der Waals surface area contributed by atoms with Gasteiger partial charge in [0.05, 0.1) is 11.8 Å². The van der Waals surface area contributed by atoms with Gasteiger partial charge in [-0.2, -0.15) is 0 Å². The predicted octanol–water partition coefficient (Wildman–Crippen LogP) is 2.58. The van der Waals surface area contributed by atoms with Gasteiger partial charge in [-0.15, -0.1) is 0 Å². The summed E-state index contributed by atoms with van der Waals surface area (Å²) in [4.78, 5) is 15.5. The number of Topliss-reactive ketones (excluding diaryl/α,β-unsaturated/α-hetero) is 1. The highest BCUT2D eigenvalue weighted by Gasteiger charge is 2.04. The number of carbonyl (C=O) groups excluding carboxylic acids is 1. The van der Waals surface area contributed by atoms with Crippen molar-refractivity contribution in [3.63, 3.8) is 0 Å². The van der Waals surface area contributed by atoms with E-state index in [1.54, 1.807) is 12.3 Å². The Balaban J connectivity index is 2.32. The third kappa shape index (κ3) is 3.56. The molecule has 1 aromatic rings. The van der Waals surface area contributed by atoms with E-state index in [9.17, 15) is 4.79 Å². The summed E-state index contributed by atoms with van der Waals surface area (Å²) in [5, 5.41) is 0. The number of carbonyl (C=O) groups is 1. The minimum absolute atomic E-state index is 0.0475. The lowest BCUT2D eigenvalue weighted by atomic mass is 10.2. The summed E-state index contributed by atoms with van der Waals surface area (Å²) in [5.74, 6) is 0.585. The van der Waals surface area contributed by atoms with Crippen molar-refractivity contribution < 1.29 is 9.21 Å². The maximum atomic E-state index is 11.4. The molecule has 0 saturated heterocycles. The van der Waals surface area contributed by atoms with E-state index in [4.69, 9.17) is 4.42 Å². The van der Waals surface area contributed by atoms with Crippen molar-refractivity contribution in [3.05, 3.63) is 24.2 Å². The Morgan fingerprint density at radius 1 is 1.64 bits per heavy atom. The van der Waals surface area contributed by atoms with E-state index < -0.39 is 0 Å². The van der Waals surface area contributed by atoms with Crippen molar-refractivity contribution in [2.45, 2.75) is 20.3 Å². The first kappa shape index (κ1) is 10.7. The Labute approximate surface area is 83.8 Å². The van der Waals surface area contributed by atoms with Crippen LogP contribution in [0.15, 0.2) is 28.0 Å². The molecule has 0 N–H and O–H groups in total. The zero-order chi connectivity index (χ0) is 10.4. The lowest BCUT2D eigenvalue weighted by molar-refractivity contribution is 0.100. The monoisotopic (exact) mass is 193 g/mol. The summed E-state index contributed by atoms with van der Waals surface area (Å²) in [6.45, 7) is 4.96. The quantitative estimate of drug-likeness (QED) is 0.532. The number of rotatable bonds is 5. The molecule has 14 heavy (non-hydrogen) atoms. The second-order valence-corrected chi connectivity index (χ2v) is 3.58. The summed E-state index contributed by atoms with van der Waals surface area (Å²) in [6, 6.07) is 1.67. The molecule has 0 fully saturated rings. The van der Waals surface area contributed by atoms with E-state index in [0.29, 0.717) is 17.9 Å². The number of nitrogens with zero attached hydrogens (tertiary/aromatic N) is 1. The minimum Gasteiger partial charge on any atom is -0.472 e. The fraction of sp³-hybridized carbons (Fsp3) is 0.455. The van der Waals surface area contributed by atoms with E-state index in [1.165, 1.54) is 12.5 Å². The molecule has 0 unspecified atom stereocenters. The van der Waals surface area contributed by atoms with E-state index in [2.05, 4.69) is 18.8 Å². The molecular weight excluding hydrogens is 178 g/mol. The van der Waals surface area contributed by atoms with Crippen molar-refractivity contribution >= 4 is 12.0 Å². The second-order valence-electron chi connectivity index (χ2n) is 3.58. The number of ketones is 1. The molecule has 3 nitrogen and oxygen atoms in total. The smallest absolute Gasteiger partial charge is 0.171 e. The van der Waals surface area contributed by atoms with Crippen LogP contribution in [0.5, 0.6) is 0 Å². The van der Waals surface area contributed by atoms with Gasteiger partial charge in [-0.1, -0.05) is 13.8 Å². The summed E-state index contributed by atoms with van der Waals surface area (Å²) in [7, 11) is 0. The molecule has 1 aromatic heterocycles. The van der Waals surface area contributed by atoms with Crippen LogP contribution < -0.4 is 0 Å². The molecule has 3 heteroatoms. The molecular formula is C11H15NO2. The molecule has 0 saturated carbocycles. The Kier molecular flexibility index (Phi) is 4.11. The summed E-state index contributed by atoms with van der Waals surface area (Å²) < 4.78 is 4.81. The summed E-state index contributed by atoms with van der Waals surface area (Å²) >= 11 is 0. The fourth-order valence-electron chi connectivity index (χ4n) is 0.974. The molecule has 1 rings (SSSR count). The number of hydrogen-bond donors (Lipinski definition) is 0. The van der Waals surface area contributed by atoms with Crippen molar-refractivity contribution in [3.8, 4) is 0 Å². The standard InChI is InChI=1S/C11H15NO2/c1-9(2)7-12-5-3-11(13)10-4-6-14-8-10/h4-6,8-9H,3,7H2,1-2H3. The van der Waals surface area contributed by atoms with Gasteiger partial charge in [-0.25, -0.2) is 0 Å². The molecule has 0 aromatic carbocycles. The Morgan fingerprint density at radius 3 is 3.00 bits per heavy atom. The summed E-state index contributed by atoms with van der Waals surface area (Å²) in [6.07, 6.45) is 4.98. The van der Waals surface area contributed by atoms with Crippen molar-refractivity contribution in [2.24, 2.45) is 10.9 Å². The van der Waals surface area contributed by atoms with Gasteiger partial charge in [0, 0.05) is 19.2 Å². The molecule has 0 amide bonds. The maximum absolute atomic E-state index is 11.4. The molecule has 0 aliphatic rings. The van der Waals surface area contributed by atoms with E-state index in [-0.39, 0.29) is 5.78 Å². The topological polar surface area (TPSA) is 42.6 Å². The van der Waals surface area contributed by atoms with Crippen LogP contribution in [0.1, 0.15) is 30.6 Å². The van der Waals surface area contributed by atoms with E-state index in [1.807, 2.05) is 0 Å². The number of furan rings is 1. The molecule has 1 heterocycles. The Hall–Kier alpha value is -1.38. The largest absolute Gasteiger partial charge is 0.472 e. The van der Waals surface area contributed by atoms with Crippen LogP contribution >= 0.6 is 0 Å². The van der Waals surface area contributed by atoms with Crippen molar-refractivity contribution in [2.75, 3.05) is 6.54 Å². The molecule has 0 spiro atoms. The SMILES string of the molecule is CC(C)CN=CCC(=O)c1ccoc1. The maximum Gasteiger partial charge on any atom is 0.171 e. The van der Waals surface area contributed by atoms with Gasteiger partial charge < -0.3 is 4.42 Å².